The molecule has 0 radical (unpaired) electrons. The molecule has 0 spiro atoms. The summed E-state index contributed by atoms with van der Waals surface area (Å²) in [7, 11) is 0. The lowest BCUT2D eigenvalue weighted by molar-refractivity contribution is 0.625. The van der Waals surface area contributed by atoms with E-state index in [0.29, 0.717) is 35.2 Å². The van der Waals surface area contributed by atoms with E-state index in [1.807, 2.05) is 30.3 Å². The maximum Gasteiger partial charge on any atom is 0.280 e. The number of H-pyrrole nitrogens is 1. The minimum atomic E-state index is -0.433. The first kappa shape index (κ1) is 17.0. The number of fused-ring (bicyclic) bond motifs is 1. The molecule has 0 aliphatic rings. The van der Waals surface area contributed by atoms with E-state index in [9.17, 15) is 14.0 Å². The van der Waals surface area contributed by atoms with Gasteiger partial charge in [0.15, 0.2) is 0 Å². The van der Waals surface area contributed by atoms with Crippen LogP contribution >= 0.6 is 0 Å². The summed E-state index contributed by atoms with van der Waals surface area (Å²) in [4.78, 5) is 25.5. The molecule has 0 unspecified atom stereocenters. The van der Waals surface area contributed by atoms with E-state index >= 15 is 0 Å². The molecular weight excluding hydrogens is 345 g/mol. The summed E-state index contributed by atoms with van der Waals surface area (Å²) in [5, 5.41) is 3.35. The number of nitrogens with zero attached hydrogens (tertiary/aromatic N) is 2. The average molecular weight is 363 g/mol. The van der Waals surface area contributed by atoms with Gasteiger partial charge in [0.1, 0.15) is 5.82 Å². The summed E-state index contributed by atoms with van der Waals surface area (Å²) in [6, 6.07) is 17.1. The van der Waals surface area contributed by atoms with Crippen LogP contribution in [0.5, 0.6) is 0 Å². The number of nitrogens with one attached hydrogen (secondary N) is 1. The predicted molar refractivity (Wildman–Crippen MR) is 103 cm³/mol. The van der Waals surface area contributed by atoms with Crippen LogP contribution in [0, 0.1) is 12.7 Å². The van der Waals surface area contributed by atoms with Gasteiger partial charge in [0, 0.05) is 18.3 Å². The van der Waals surface area contributed by atoms with Gasteiger partial charge in [-0.1, -0.05) is 36.4 Å². The number of rotatable bonds is 4. The summed E-state index contributed by atoms with van der Waals surface area (Å²) in [5.41, 5.74) is 2.08. The van der Waals surface area contributed by atoms with Crippen molar-refractivity contribution in [3.05, 3.63) is 98.4 Å². The molecule has 0 saturated heterocycles. The highest BCUT2D eigenvalue weighted by Gasteiger charge is 2.15. The monoisotopic (exact) mass is 363 g/mol. The fourth-order valence-corrected chi connectivity index (χ4v) is 3.37. The Labute approximate surface area is 154 Å². The topological polar surface area (TPSA) is 59.8 Å². The summed E-state index contributed by atoms with van der Waals surface area (Å²) >= 11 is 0. The first-order chi connectivity index (χ1) is 13.0. The van der Waals surface area contributed by atoms with E-state index in [0.717, 1.165) is 5.56 Å². The van der Waals surface area contributed by atoms with Crippen LogP contribution in [0.2, 0.25) is 0 Å². The number of pyridine rings is 1. The molecule has 0 saturated carbocycles. The Morgan fingerprint density at radius 2 is 1.78 bits per heavy atom. The van der Waals surface area contributed by atoms with Crippen molar-refractivity contribution in [2.45, 2.75) is 19.9 Å². The van der Waals surface area contributed by atoms with Gasteiger partial charge in [-0.2, -0.15) is 0 Å². The van der Waals surface area contributed by atoms with Gasteiger partial charge in [-0.25, -0.2) is 9.07 Å². The van der Waals surface area contributed by atoms with Gasteiger partial charge >= 0.3 is 0 Å². The van der Waals surface area contributed by atoms with Gasteiger partial charge in [-0.05, 0) is 37.1 Å². The Hall–Kier alpha value is -3.41. The van der Waals surface area contributed by atoms with Crippen LogP contribution in [-0.2, 0) is 13.0 Å². The number of halogens is 1. The minimum Gasteiger partial charge on any atom is -0.312 e. The number of hydrogen-bond acceptors (Lipinski definition) is 2. The highest BCUT2D eigenvalue weighted by atomic mass is 19.1. The van der Waals surface area contributed by atoms with Crippen molar-refractivity contribution in [1.82, 2.24) is 14.3 Å². The normalized spacial score (nSPS) is 11.2. The molecule has 0 fully saturated rings. The van der Waals surface area contributed by atoms with Crippen molar-refractivity contribution < 1.29 is 4.39 Å². The third-order valence-electron chi connectivity index (χ3n) is 4.75. The van der Waals surface area contributed by atoms with Gasteiger partial charge in [-0.15, -0.1) is 0 Å². The van der Waals surface area contributed by atoms with Crippen molar-refractivity contribution in [2.75, 3.05) is 0 Å². The summed E-state index contributed by atoms with van der Waals surface area (Å²) in [5.74, 6) is -0.433. The third kappa shape index (κ3) is 3.10. The number of benzene rings is 2. The molecule has 0 aliphatic carbocycles. The number of aryl methyl sites for hydroxylation is 2. The second-order valence-corrected chi connectivity index (χ2v) is 6.48. The van der Waals surface area contributed by atoms with E-state index in [1.165, 1.54) is 28.9 Å². The molecular formula is C21H18FN3O2. The number of hydrogen-bond donors (Lipinski definition) is 1. The molecule has 136 valence electrons. The fourth-order valence-electron chi connectivity index (χ4n) is 3.37. The van der Waals surface area contributed by atoms with E-state index < -0.39 is 5.82 Å². The first-order valence-corrected chi connectivity index (χ1v) is 8.69. The fraction of sp³-hybridized carbons (Fsp3) is 0.143. The molecule has 0 atom stereocenters. The summed E-state index contributed by atoms with van der Waals surface area (Å²) in [6.07, 6.45) is 0.690. The van der Waals surface area contributed by atoms with Crippen molar-refractivity contribution in [1.29, 1.82) is 0 Å². The van der Waals surface area contributed by atoms with E-state index in [-0.39, 0.29) is 11.1 Å². The van der Waals surface area contributed by atoms with Crippen molar-refractivity contribution in [2.24, 2.45) is 0 Å². The molecule has 0 bridgehead atoms. The molecule has 2 aromatic carbocycles. The lowest BCUT2D eigenvalue weighted by Crippen LogP contribution is -2.24. The standard InChI is InChI=1S/C21H18FN3O2/c1-14-20-18(23-25(21(20)27)17-9-5-8-16(22)12-17)13-19(26)24(14)11-10-15-6-3-2-4-7-15/h2-9,12-13,23H,10-11H2,1H3. The van der Waals surface area contributed by atoms with Crippen LogP contribution < -0.4 is 11.1 Å². The summed E-state index contributed by atoms with van der Waals surface area (Å²) < 4.78 is 16.4. The molecule has 27 heavy (non-hydrogen) atoms. The zero-order chi connectivity index (χ0) is 19.0. The molecule has 6 heteroatoms. The average Bonchev–Trinajstić information content (AvgIpc) is 2.99. The Morgan fingerprint density at radius 3 is 2.52 bits per heavy atom. The van der Waals surface area contributed by atoms with Crippen LogP contribution in [0.1, 0.15) is 11.3 Å². The highest BCUT2D eigenvalue weighted by molar-refractivity contribution is 5.80. The van der Waals surface area contributed by atoms with E-state index in [4.69, 9.17) is 0 Å². The lowest BCUT2D eigenvalue weighted by atomic mass is 10.1. The van der Waals surface area contributed by atoms with Crippen LogP contribution in [0.15, 0.2) is 70.3 Å². The van der Waals surface area contributed by atoms with Crippen molar-refractivity contribution in [3.63, 3.8) is 0 Å². The molecule has 0 aliphatic heterocycles. The van der Waals surface area contributed by atoms with Crippen molar-refractivity contribution in [3.8, 4) is 5.69 Å². The quantitative estimate of drug-likeness (QED) is 0.605. The molecule has 1 N–H and O–H groups in total. The largest absolute Gasteiger partial charge is 0.312 e. The maximum absolute atomic E-state index is 13.5. The maximum atomic E-state index is 13.5. The van der Waals surface area contributed by atoms with Crippen LogP contribution in [-0.4, -0.2) is 14.3 Å². The second kappa shape index (κ2) is 6.72. The smallest absolute Gasteiger partial charge is 0.280 e. The van der Waals surface area contributed by atoms with Crippen LogP contribution in [0.4, 0.5) is 4.39 Å². The Balaban J connectivity index is 1.80. The van der Waals surface area contributed by atoms with Gasteiger partial charge in [0.25, 0.3) is 11.1 Å². The SMILES string of the molecule is Cc1c2c(=O)n(-c3cccc(F)c3)[nH]c2cc(=O)n1CCc1ccccc1. The lowest BCUT2D eigenvalue weighted by Gasteiger charge is -2.10. The molecule has 4 aromatic rings. The predicted octanol–water partition coefficient (Wildman–Crippen LogP) is 3.17. The van der Waals surface area contributed by atoms with E-state index in [2.05, 4.69) is 5.10 Å². The Kier molecular flexibility index (Phi) is 4.24. The van der Waals surface area contributed by atoms with Gasteiger partial charge in [-0.3, -0.25) is 14.7 Å². The van der Waals surface area contributed by atoms with Crippen molar-refractivity contribution >= 4 is 10.9 Å². The highest BCUT2D eigenvalue weighted by Crippen LogP contribution is 2.14. The van der Waals surface area contributed by atoms with E-state index in [1.54, 1.807) is 17.6 Å². The third-order valence-corrected chi connectivity index (χ3v) is 4.75. The molecule has 4 rings (SSSR count). The Morgan fingerprint density at radius 1 is 1.00 bits per heavy atom. The van der Waals surface area contributed by atoms with Gasteiger partial charge < -0.3 is 4.57 Å². The minimum absolute atomic E-state index is 0.177. The zero-order valence-electron chi connectivity index (χ0n) is 14.8. The molecule has 0 amide bonds. The Bertz CT molecular complexity index is 1240. The number of aromatic nitrogens is 3. The zero-order valence-corrected chi connectivity index (χ0v) is 14.8. The van der Waals surface area contributed by atoms with Crippen LogP contribution in [0.3, 0.4) is 0 Å². The van der Waals surface area contributed by atoms with Gasteiger partial charge in [0.2, 0.25) is 0 Å². The summed E-state index contributed by atoms with van der Waals surface area (Å²) in [6.45, 7) is 2.25. The molecule has 2 heterocycles. The first-order valence-electron chi connectivity index (χ1n) is 8.69. The molecule has 2 aromatic heterocycles. The van der Waals surface area contributed by atoms with Gasteiger partial charge in [0.05, 0.1) is 16.6 Å². The number of aromatic amines is 1. The molecule has 5 nitrogen and oxygen atoms in total. The van der Waals surface area contributed by atoms with Crippen LogP contribution in [0.25, 0.3) is 16.6 Å². The second-order valence-electron chi connectivity index (χ2n) is 6.48.